The third kappa shape index (κ3) is 2.87. The van der Waals surface area contributed by atoms with Gasteiger partial charge in [-0.05, 0) is 24.0 Å². The van der Waals surface area contributed by atoms with Crippen LogP contribution in [0, 0.1) is 5.92 Å². The quantitative estimate of drug-likeness (QED) is 0.795. The average molecular weight is 192 g/mol. The maximum absolute atomic E-state index is 10.6. The predicted molar refractivity (Wildman–Crippen MR) is 56.3 cm³/mol. The van der Waals surface area contributed by atoms with Gasteiger partial charge in [0, 0.05) is 0 Å². The Morgan fingerprint density at radius 3 is 2.21 bits per heavy atom. The normalized spacial score (nSPS) is 12.4. The number of aliphatic carboxylic acids is 1. The lowest BCUT2D eigenvalue weighted by Gasteiger charge is -2.06. The second-order valence-corrected chi connectivity index (χ2v) is 3.61. The van der Waals surface area contributed by atoms with E-state index in [4.69, 9.17) is 5.11 Å². The molecule has 0 heterocycles. The van der Waals surface area contributed by atoms with Gasteiger partial charge in [0.1, 0.15) is 0 Å². The van der Waals surface area contributed by atoms with Gasteiger partial charge in [-0.2, -0.15) is 0 Å². The number of carboxylic acids is 1. The average Bonchev–Trinajstić information content (AvgIpc) is 2.19. The zero-order chi connectivity index (χ0) is 10.6. The first-order valence-electron chi connectivity index (χ1n) is 4.94. The topological polar surface area (TPSA) is 37.3 Å². The Kier molecular flexibility index (Phi) is 3.69. The van der Waals surface area contributed by atoms with E-state index in [-0.39, 0.29) is 5.92 Å². The van der Waals surface area contributed by atoms with E-state index < -0.39 is 5.97 Å². The predicted octanol–water partition coefficient (Wildman–Crippen LogP) is 2.51. The monoisotopic (exact) mass is 192 g/mol. The van der Waals surface area contributed by atoms with Gasteiger partial charge in [0.25, 0.3) is 0 Å². The summed E-state index contributed by atoms with van der Waals surface area (Å²) in [4.78, 5) is 10.6. The van der Waals surface area contributed by atoms with Crippen LogP contribution < -0.4 is 0 Å². The molecule has 14 heavy (non-hydrogen) atoms. The highest BCUT2D eigenvalue weighted by Gasteiger charge is 2.10. The lowest BCUT2D eigenvalue weighted by atomic mass is 10.00. The van der Waals surface area contributed by atoms with Crippen molar-refractivity contribution in [1.29, 1.82) is 0 Å². The van der Waals surface area contributed by atoms with E-state index in [1.165, 1.54) is 5.56 Å². The fourth-order valence-corrected chi connectivity index (χ4v) is 1.35. The van der Waals surface area contributed by atoms with Gasteiger partial charge in [-0.1, -0.05) is 38.1 Å². The van der Waals surface area contributed by atoms with Crippen LogP contribution in [0.25, 0.3) is 0 Å². The molecule has 1 atom stereocenters. The first-order chi connectivity index (χ1) is 6.63. The molecule has 76 valence electrons. The lowest BCUT2D eigenvalue weighted by molar-refractivity contribution is -0.141. The van der Waals surface area contributed by atoms with E-state index in [0.717, 1.165) is 12.0 Å². The number of aryl methyl sites for hydroxylation is 1. The van der Waals surface area contributed by atoms with E-state index >= 15 is 0 Å². The number of benzene rings is 1. The molecule has 2 nitrogen and oxygen atoms in total. The van der Waals surface area contributed by atoms with Crippen LogP contribution in [-0.4, -0.2) is 11.1 Å². The minimum Gasteiger partial charge on any atom is -0.481 e. The summed E-state index contributed by atoms with van der Waals surface area (Å²) in [6.45, 7) is 3.84. The minimum atomic E-state index is -0.732. The molecule has 0 aromatic heterocycles. The van der Waals surface area contributed by atoms with Crippen LogP contribution in [0.15, 0.2) is 24.3 Å². The Balaban J connectivity index is 2.64. The number of hydrogen-bond acceptors (Lipinski definition) is 1. The molecular weight excluding hydrogens is 176 g/mol. The molecule has 2 heteroatoms. The summed E-state index contributed by atoms with van der Waals surface area (Å²) in [5.74, 6) is -1.04. The molecule has 1 N–H and O–H groups in total. The van der Waals surface area contributed by atoms with E-state index in [1.807, 2.05) is 12.1 Å². The Labute approximate surface area is 84.6 Å². The fourth-order valence-electron chi connectivity index (χ4n) is 1.35. The van der Waals surface area contributed by atoms with Crippen molar-refractivity contribution in [3.05, 3.63) is 35.4 Å². The molecule has 1 aromatic carbocycles. The second-order valence-electron chi connectivity index (χ2n) is 3.61. The van der Waals surface area contributed by atoms with Crippen molar-refractivity contribution >= 4 is 5.97 Å². The van der Waals surface area contributed by atoms with Gasteiger partial charge in [0.2, 0.25) is 0 Å². The maximum Gasteiger partial charge on any atom is 0.306 e. The molecule has 1 aromatic rings. The second kappa shape index (κ2) is 4.80. The van der Waals surface area contributed by atoms with Gasteiger partial charge < -0.3 is 5.11 Å². The summed E-state index contributed by atoms with van der Waals surface area (Å²) in [5, 5.41) is 8.74. The van der Waals surface area contributed by atoms with Crippen LogP contribution in [0.3, 0.4) is 0 Å². The van der Waals surface area contributed by atoms with Crippen molar-refractivity contribution < 1.29 is 9.90 Å². The highest BCUT2D eigenvalue weighted by Crippen LogP contribution is 2.10. The lowest BCUT2D eigenvalue weighted by Crippen LogP contribution is -2.12. The first kappa shape index (κ1) is 10.8. The third-order valence-electron chi connectivity index (χ3n) is 2.39. The zero-order valence-corrected chi connectivity index (χ0v) is 8.66. The van der Waals surface area contributed by atoms with Gasteiger partial charge in [-0.15, -0.1) is 0 Å². The van der Waals surface area contributed by atoms with Crippen LogP contribution in [0.5, 0.6) is 0 Å². The largest absolute Gasteiger partial charge is 0.481 e. The van der Waals surface area contributed by atoms with Gasteiger partial charge in [0.15, 0.2) is 0 Å². The van der Waals surface area contributed by atoms with Gasteiger partial charge >= 0.3 is 5.97 Å². The molecular formula is C12H16O2. The van der Waals surface area contributed by atoms with Crippen LogP contribution in [-0.2, 0) is 17.6 Å². The molecule has 0 saturated heterocycles. The van der Waals surface area contributed by atoms with Crippen molar-refractivity contribution in [2.75, 3.05) is 0 Å². The zero-order valence-electron chi connectivity index (χ0n) is 8.66. The number of rotatable bonds is 4. The third-order valence-corrected chi connectivity index (χ3v) is 2.39. The first-order valence-corrected chi connectivity index (χ1v) is 4.94. The molecule has 0 spiro atoms. The van der Waals surface area contributed by atoms with Crippen LogP contribution in [0.2, 0.25) is 0 Å². The van der Waals surface area contributed by atoms with Crippen molar-refractivity contribution in [3.63, 3.8) is 0 Å². The molecule has 0 aliphatic rings. The molecule has 0 saturated carbocycles. The summed E-state index contributed by atoms with van der Waals surface area (Å²) < 4.78 is 0. The van der Waals surface area contributed by atoms with E-state index in [1.54, 1.807) is 6.92 Å². The van der Waals surface area contributed by atoms with Crippen LogP contribution in [0.4, 0.5) is 0 Å². The fraction of sp³-hybridized carbons (Fsp3) is 0.417. The molecule has 0 unspecified atom stereocenters. The Bertz CT molecular complexity index is 301. The van der Waals surface area contributed by atoms with Gasteiger partial charge in [-0.25, -0.2) is 0 Å². The molecule has 0 amide bonds. The Morgan fingerprint density at radius 1 is 1.29 bits per heavy atom. The summed E-state index contributed by atoms with van der Waals surface area (Å²) >= 11 is 0. The summed E-state index contributed by atoms with van der Waals surface area (Å²) in [5.41, 5.74) is 2.38. The van der Waals surface area contributed by atoms with Crippen molar-refractivity contribution in [3.8, 4) is 0 Å². The van der Waals surface area contributed by atoms with E-state index in [2.05, 4.69) is 19.1 Å². The van der Waals surface area contributed by atoms with E-state index in [0.29, 0.717) is 6.42 Å². The number of hydrogen-bond donors (Lipinski definition) is 1. The van der Waals surface area contributed by atoms with Crippen molar-refractivity contribution in [2.24, 2.45) is 5.92 Å². The molecule has 0 radical (unpaired) electrons. The Hall–Kier alpha value is -1.31. The molecule has 0 bridgehead atoms. The minimum absolute atomic E-state index is 0.303. The van der Waals surface area contributed by atoms with Crippen molar-refractivity contribution in [1.82, 2.24) is 0 Å². The van der Waals surface area contributed by atoms with E-state index in [9.17, 15) is 4.79 Å². The van der Waals surface area contributed by atoms with Crippen molar-refractivity contribution in [2.45, 2.75) is 26.7 Å². The van der Waals surface area contributed by atoms with Gasteiger partial charge in [0.05, 0.1) is 5.92 Å². The molecule has 0 aliphatic heterocycles. The standard InChI is InChI=1S/C12H16O2/c1-3-10-4-6-11(7-5-10)8-9(2)12(13)14/h4-7,9H,3,8H2,1-2H3,(H,13,14)/t9-/m1/s1. The molecule has 0 fully saturated rings. The van der Waals surface area contributed by atoms with Crippen LogP contribution in [0.1, 0.15) is 25.0 Å². The van der Waals surface area contributed by atoms with Crippen LogP contribution >= 0.6 is 0 Å². The summed E-state index contributed by atoms with van der Waals surface area (Å²) in [6, 6.07) is 8.14. The summed E-state index contributed by atoms with van der Waals surface area (Å²) in [7, 11) is 0. The number of carboxylic acid groups (broad SMARTS) is 1. The van der Waals surface area contributed by atoms with Gasteiger partial charge in [-0.3, -0.25) is 4.79 Å². The highest BCUT2D eigenvalue weighted by molar-refractivity contribution is 5.69. The Morgan fingerprint density at radius 2 is 1.79 bits per heavy atom. The number of carbonyl (C=O) groups is 1. The SMILES string of the molecule is CCc1ccc(C[C@@H](C)C(=O)O)cc1. The smallest absolute Gasteiger partial charge is 0.306 e. The molecule has 0 aliphatic carbocycles. The highest BCUT2D eigenvalue weighted by atomic mass is 16.4. The molecule has 1 rings (SSSR count). The summed E-state index contributed by atoms with van der Waals surface area (Å²) in [6.07, 6.45) is 1.63. The maximum atomic E-state index is 10.6.